The number of primary sulfonamides is 1. The van der Waals surface area contributed by atoms with Gasteiger partial charge >= 0.3 is 0 Å². The third-order valence-corrected chi connectivity index (χ3v) is 4.62. The first-order valence-corrected chi connectivity index (χ1v) is 8.75. The molecule has 0 aliphatic rings. The molecule has 0 atom stereocenters. The van der Waals surface area contributed by atoms with Gasteiger partial charge in [-0.3, -0.25) is 4.79 Å². The van der Waals surface area contributed by atoms with E-state index in [0.29, 0.717) is 17.6 Å². The molecule has 1 rings (SSSR count). The van der Waals surface area contributed by atoms with Crippen molar-refractivity contribution >= 4 is 43.5 Å². The van der Waals surface area contributed by atoms with Crippen LogP contribution in [-0.4, -0.2) is 32.3 Å². The van der Waals surface area contributed by atoms with Gasteiger partial charge < -0.3 is 4.90 Å². The number of rotatable bonds is 5. The van der Waals surface area contributed by atoms with Crippen LogP contribution in [0.1, 0.15) is 30.6 Å². The molecule has 0 bridgehead atoms. The quantitative estimate of drug-likeness (QED) is 0.848. The van der Waals surface area contributed by atoms with Crippen LogP contribution in [-0.2, 0) is 10.0 Å². The van der Waals surface area contributed by atoms with Crippen molar-refractivity contribution in [3.63, 3.8) is 0 Å². The Kier molecular flexibility index (Phi) is 6.00. The molecule has 1 aromatic rings. The minimum absolute atomic E-state index is 0.125. The van der Waals surface area contributed by atoms with E-state index >= 15 is 0 Å². The molecule has 0 fully saturated rings. The number of benzene rings is 1. The first kappa shape index (κ1) is 17.4. The molecule has 8 heteroatoms. The van der Waals surface area contributed by atoms with E-state index in [-0.39, 0.29) is 21.4 Å². The third kappa shape index (κ3) is 3.94. The molecule has 112 valence electrons. The molecule has 0 unspecified atom stereocenters. The van der Waals surface area contributed by atoms with E-state index in [1.165, 1.54) is 12.1 Å². The summed E-state index contributed by atoms with van der Waals surface area (Å²) in [5.41, 5.74) is 0.125. The topological polar surface area (TPSA) is 80.5 Å². The lowest BCUT2D eigenvalue weighted by atomic mass is 10.2. The van der Waals surface area contributed by atoms with Gasteiger partial charge in [-0.1, -0.05) is 34.5 Å². The maximum Gasteiger partial charge on any atom is 0.255 e. The lowest BCUT2D eigenvalue weighted by molar-refractivity contribution is 0.0764. The van der Waals surface area contributed by atoms with Gasteiger partial charge in [0.15, 0.2) is 0 Å². The monoisotopic (exact) mass is 382 g/mol. The summed E-state index contributed by atoms with van der Waals surface area (Å²) < 4.78 is 23.4. The Hall–Kier alpha value is -0.630. The second kappa shape index (κ2) is 6.89. The molecule has 1 aromatic carbocycles. The van der Waals surface area contributed by atoms with Crippen molar-refractivity contribution in [1.82, 2.24) is 4.90 Å². The van der Waals surface area contributed by atoms with Crippen LogP contribution in [0.3, 0.4) is 0 Å². The Balaban J connectivity index is 3.39. The summed E-state index contributed by atoms with van der Waals surface area (Å²) in [7, 11) is -3.99. The van der Waals surface area contributed by atoms with Gasteiger partial charge in [0.05, 0.1) is 10.6 Å². The van der Waals surface area contributed by atoms with Gasteiger partial charge in [-0.25, -0.2) is 13.6 Å². The van der Waals surface area contributed by atoms with Gasteiger partial charge in [0.2, 0.25) is 10.0 Å². The lowest BCUT2D eigenvalue weighted by Crippen LogP contribution is -2.32. The summed E-state index contributed by atoms with van der Waals surface area (Å²) in [4.78, 5) is 13.7. The second-order valence-corrected chi connectivity index (χ2v) is 7.02. The first-order chi connectivity index (χ1) is 9.22. The third-order valence-electron chi connectivity index (χ3n) is 2.70. The minimum Gasteiger partial charge on any atom is -0.339 e. The zero-order valence-electron chi connectivity index (χ0n) is 11.2. The number of hydrogen-bond acceptors (Lipinski definition) is 3. The molecule has 1 amide bonds. The Morgan fingerprint density at radius 2 is 2.00 bits per heavy atom. The largest absolute Gasteiger partial charge is 0.339 e. The predicted molar refractivity (Wildman–Crippen MR) is 82.4 cm³/mol. The summed E-state index contributed by atoms with van der Waals surface area (Å²) >= 11 is 9.20. The standard InChI is InChI=1S/C12H16BrClN2O3S/c1-3-5-16(4-2)12(17)9-6-8(13)7-10(11(9)14)20(15,18)19/h6-7H,3-5H2,1-2H3,(H2,15,18,19). The van der Waals surface area contributed by atoms with Crippen LogP contribution in [0.25, 0.3) is 0 Å². The van der Waals surface area contributed by atoms with Crippen molar-refractivity contribution in [3.8, 4) is 0 Å². The predicted octanol–water partition coefficient (Wildman–Crippen LogP) is 2.62. The molecule has 0 aliphatic heterocycles. The number of nitrogens with two attached hydrogens (primary N) is 1. The van der Waals surface area contributed by atoms with Gasteiger partial charge in [-0.05, 0) is 25.5 Å². The SMILES string of the molecule is CCCN(CC)C(=O)c1cc(Br)cc(S(N)(=O)=O)c1Cl. The van der Waals surface area contributed by atoms with Crippen molar-refractivity contribution < 1.29 is 13.2 Å². The van der Waals surface area contributed by atoms with Crippen LogP contribution in [0.15, 0.2) is 21.5 Å². The van der Waals surface area contributed by atoms with Crippen LogP contribution < -0.4 is 5.14 Å². The molecule has 20 heavy (non-hydrogen) atoms. The van der Waals surface area contributed by atoms with Crippen molar-refractivity contribution in [1.29, 1.82) is 0 Å². The van der Waals surface area contributed by atoms with Crippen LogP contribution in [0.5, 0.6) is 0 Å². The highest BCUT2D eigenvalue weighted by atomic mass is 79.9. The first-order valence-electron chi connectivity index (χ1n) is 6.03. The number of nitrogens with zero attached hydrogens (tertiary/aromatic N) is 1. The molecule has 0 aromatic heterocycles. The number of sulfonamides is 1. The average Bonchev–Trinajstić information content (AvgIpc) is 2.36. The molecule has 0 radical (unpaired) electrons. The van der Waals surface area contributed by atoms with Gasteiger partial charge in [0.1, 0.15) is 4.90 Å². The van der Waals surface area contributed by atoms with Crippen molar-refractivity contribution in [2.45, 2.75) is 25.2 Å². The maximum atomic E-state index is 12.4. The normalized spacial score (nSPS) is 11.4. The fourth-order valence-electron chi connectivity index (χ4n) is 1.77. The molecule has 0 saturated heterocycles. The Bertz CT molecular complexity index is 619. The van der Waals surface area contributed by atoms with Crippen LogP contribution in [0, 0.1) is 0 Å². The van der Waals surface area contributed by atoms with Gasteiger partial charge in [0.25, 0.3) is 5.91 Å². The van der Waals surface area contributed by atoms with E-state index in [1.54, 1.807) is 4.90 Å². The van der Waals surface area contributed by atoms with Crippen molar-refractivity contribution in [2.75, 3.05) is 13.1 Å². The van der Waals surface area contributed by atoms with E-state index in [0.717, 1.165) is 6.42 Å². The molecule has 0 aliphatic carbocycles. The highest BCUT2D eigenvalue weighted by molar-refractivity contribution is 9.10. The van der Waals surface area contributed by atoms with E-state index in [9.17, 15) is 13.2 Å². The Labute approximate surface area is 132 Å². The number of halogens is 2. The fourth-order valence-corrected chi connectivity index (χ4v) is 3.54. The Morgan fingerprint density at radius 3 is 2.45 bits per heavy atom. The highest BCUT2D eigenvalue weighted by Gasteiger charge is 2.23. The van der Waals surface area contributed by atoms with Crippen LogP contribution in [0.4, 0.5) is 0 Å². The maximum absolute atomic E-state index is 12.4. The number of carbonyl (C=O) groups is 1. The molecule has 5 nitrogen and oxygen atoms in total. The van der Waals surface area contributed by atoms with E-state index in [1.807, 2.05) is 13.8 Å². The van der Waals surface area contributed by atoms with E-state index in [4.69, 9.17) is 16.7 Å². The van der Waals surface area contributed by atoms with Crippen LogP contribution in [0.2, 0.25) is 5.02 Å². The fraction of sp³-hybridized carbons (Fsp3) is 0.417. The van der Waals surface area contributed by atoms with Gasteiger partial charge in [0, 0.05) is 17.6 Å². The number of carbonyl (C=O) groups excluding carboxylic acids is 1. The van der Waals surface area contributed by atoms with Crippen molar-refractivity contribution in [3.05, 3.63) is 27.2 Å². The lowest BCUT2D eigenvalue weighted by Gasteiger charge is -2.21. The summed E-state index contributed by atoms with van der Waals surface area (Å²) in [6, 6.07) is 2.78. The van der Waals surface area contributed by atoms with Gasteiger partial charge in [-0.2, -0.15) is 0 Å². The van der Waals surface area contributed by atoms with Crippen LogP contribution >= 0.6 is 27.5 Å². The molecule has 2 N–H and O–H groups in total. The summed E-state index contributed by atoms with van der Waals surface area (Å²) in [6.07, 6.45) is 0.799. The van der Waals surface area contributed by atoms with Gasteiger partial charge in [-0.15, -0.1) is 0 Å². The number of amides is 1. The summed E-state index contributed by atoms with van der Waals surface area (Å²) in [6.45, 7) is 4.89. The second-order valence-electron chi connectivity index (χ2n) is 4.20. The Morgan fingerprint density at radius 1 is 1.40 bits per heavy atom. The molecule has 0 spiro atoms. The highest BCUT2D eigenvalue weighted by Crippen LogP contribution is 2.29. The summed E-state index contributed by atoms with van der Waals surface area (Å²) in [5.74, 6) is -0.314. The molecule has 0 saturated carbocycles. The zero-order valence-corrected chi connectivity index (χ0v) is 14.3. The van der Waals surface area contributed by atoms with E-state index in [2.05, 4.69) is 15.9 Å². The number of hydrogen-bond donors (Lipinski definition) is 1. The molecular formula is C12H16BrClN2O3S. The average molecular weight is 384 g/mol. The smallest absolute Gasteiger partial charge is 0.255 e. The minimum atomic E-state index is -3.99. The van der Waals surface area contributed by atoms with Crippen molar-refractivity contribution in [2.24, 2.45) is 5.14 Å². The van der Waals surface area contributed by atoms with E-state index < -0.39 is 10.0 Å². The molecule has 0 heterocycles. The molecular weight excluding hydrogens is 368 g/mol. The summed E-state index contributed by atoms with van der Waals surface area (Å²) in [5, 5.41) is 4.96. The zero-order chi connectivity index (χ0) is 15.5.